The molecule has 6 nitrogen and oxygen atoms in total. The molecule has 0 spiro atoms. The SMILES string of the molecule is CCCCC/C=C\C/C=C\CCCCCCCCCCCC(=O)OC(COC(=O)CCCCCCCCC/C=C\CCCCCCCC)COC(=O)CCCCCCCCCCCCCCCCCCCCCCCCCCC. The van der Waals surface area contributed by atoms with E-state index in [0.717, 1.165) is 64.2 Å². The quantitative estimate of drug-likeness (QED) is 0.0261. The monoisotopic (exact) mass is 1110 g/mol. The van der Waals surface area contributed by atoms with Gasteiger partial charge in [0.15, 0.2) is 6.10 Å². The number of carbonyl (C=O) groups excluding carboxylic acids is 3. The third-order valence-corrected chi connectivity index (χ3v) is 16.1. The lowest BCUT2D eigenvalue weighted by molar-refractivity contribution is -0.167. The predicted molar refractivity (Wildman–Crippen MR) is 344 cm³/mol. The normalized spacial score (nSPS) is 12.2. The van der Waals surface area contributed by atoms with Gasteiger partial charge in [0.2, 0.25) is 0 Å². The fourth-order valence-electron chi connectivity index (χ4n) is 10.8. The Kier molecular flexibility index (Phi) is 66.1. The zero-order valence-electron chi connectivity index (χ0n) is 53.4. The van der Waals surface area contributed by atoms with Crippen molar-refractivity contribution in [2.24, 2.45) is 0 Å². The molecule has 0 N–H and O–H groups in total. The highest BCUT2D eigenvalue weighted by Gasteiger charge is 2.19. The van der Waals surface area contributed by atoms with E-state index in [1.807, 2.05) is 0 Å². The Morgan fingerprint density at radius 2 is 0.456 bits per heavy atom. The Morgan fingerprint density at radius 3 is 0.734 bits per heavy atom. The summed E-state index contributed by atoms with van der Waals surface area (Å²) in [5, 5.41) is 0. The van der Waals surface area contributed by atoms with Gasteiger partial charge in [0.25, 0.3) is 0 Å². The minimum atomic E-state index is -0.775. The first kappa shape index (κ1) is 76.6. The van der Waals surface area contributed by atoms with Crippen molar-refractivity contribution in [1.29, 1.82) is 0 Å². The van der Waals surface area contributed by atoms with Crippen molar-refractivity contribution in [3.8, 4) is 0 Å². The summed E-state index contributed by atoms with van der Waals surface area (Å²) in [7, 11) is 0. The van der Waals surface area contributed by atoms with Crippen molar-refractivity contribution >= 4 is 17.9 Å². The molecule has 0 fully saturated rings. The predicted octanol–water partition coefficient (Wildman–Crippen LogP) is 24.3. The molecule has 0 aliphatic rings. The minimum Gasteiger partial charge on any atom is -0.462 e. The lowest BCUT2D eigenvalue weighted by Gasteiger charge is -2.18. The summed E-state index contributed by atoms with van der Waals surface area (Å²) < 4.78 is 17.0. The molecule has 0 aromatic rings. The minimum absolute atomic E-state index is 0.0704. The van der Waals surface area contributed by atoms with E-state index in [-0.39, 0.29) is 31.1 Å². The van der Waals surface area contributed by atoms with Gasteiger partial charge in [-0.3, -0.25) is 14.4 Å². The van der Waals surface area contributed by atoms with Crippen LogP contribution in [0.5, 0.6) is 0 Å². The van der Waals surface area contributed by atoms with Gasteiger partial charge in [-0.2, -0.15) is 0 Å². The summed E-state index contributed by atoms with van der Waals surface area (Å²) in [6.45, 7) is 6.68. The van der Waals surface area contributed by atoms with Crippen LogP contribution < -0.4 is 0 Å². The Balaban J connectivity index is 4.28. The summed E-state index contributed by atoms with van der Waals surface area (Å²) in [6.07, 6.45) is 84.5. The molecular weight excluding hydrogens is 973 g/mol. The molecule has 0 amide bonds. The molecule has 0 radical (unpaired) electrons. The van der Waals surface area contributed by atoms with Gasteiger partial charge in [-0.15, -0.1) is 0 Å². The second-order valence-corrected chi connectivity index (χ2v) is 24.1. The van der Waals surface area contributed by atoms with Gasteiger partial charge >= 0.3 is 17.9 Å². The van der Waals surface area contributed by atoms with Crippen LogP contribution >= 0.6 is 0 Å². The van der Waals surface area contributed by atoms with Gasteiger partial charge in [-0.25, -0.2) is 0 Å². The summed E-state index contributed by atoms with van der Waals surface area (Å²) in [4.78, 5) is 38.5. The molecule has 0 aromatic heterocycles. The lowest BCUT2D eigenvalue weighted by Crippen LogP contribution is -2.30. The number of hydrogen-bond donors (Lipinski definition) is 0. The fraction of sp³-hybridized carbons (Fsp3) is 0.877. The molecule has 0 saturated heterocycles. The molecule has 1 atom stereocenters. The third kappa shape index (κ3) is 66.3. The van der Waals surface area contributed by atoms with E-state index in [4.69, 9.17) is 14.2 Å². The van der Waals surface area contributed by atoms with E-state index < -0.39 is 6.10 Å². The Bertz CT molecular complexity index is 1320. The smallest absolute Gasteiger partial charge is 0.306 e. The van der Waals surface area contributed by atoms with E-state index in [0.29, 0.717) is 19.3 Å². The highest BCUT2D eigenvalue weighted by atomic mass is 16.6. The Hall–Kier alpha value is -2.37. The molecule has 0 aliphatic heterocycles. The van der Waals surface area contributed by atoms with Crippen LogP contribution in [0.1, 0.15) is 393 Å². The average Bonchev–Trinajstić information content (AvgIpc) is 3.45. The van der Waals surface area contributed by atoms with Crippen LogP contribution in [0.2, 0.25) is 0 Å². The van der Waals surface area contributed by atoms with Crippen molar-refractivity contribution in [3.63, 3.8) is 0 Å². The number of hydrogen-bond acceptors (Lipinski definition) is 6. The molecule has 1 unspecified atom stereocenters. The van der Waals surface area contributed by atoms with Gasteiger partial charge in [-0.1, -0.05) is 333 Å². The van der Waals surface area contributed by atoms with Crippen molar-refractivity contribution < 1.29 is 28.6 Å². The van der Waals surface area contributed by atoms with E-state index >= 15 is 0 Å². The maximum atomic E-state index is 13.0. The zero-order valence-corrected chi connectivity index (χ0v) is 53.4. The zero-order chi connectivity index (χ0) is 57.1. The Morgan fingerprint density at radius 1 is 0.253 bits per heavy atom. The molecule has 79 heavy (non-hydrogen) atoms. The molecule has 0 aromatic carbocycles. The maximum absolute atomic E-state index is 13.0. The molecule has 6 heteroatoms. The number of carbonyl (C=O) groups is 3. The highest BCUT2D eigenvalue weighted by molar-refractivity contribution is 5.71. The van der Waals surface area contributed by atoms with Crippen LogP contribution in [0.25, 0.3) is 0 Å². The molecule has 0 rings (SSSR count). The van der Waals surface area contributed by atoms with Gasteiger partial charge in [0, 0.05) is 19.3 Å². The number of rotatable bonds is 66. The van der Waals surface area contributed by atoms with Crippen LogP contribution in [-0.2, 0) is 28.6 Å². The summed E-state index contributed by atoms with van der Waals surface area (Å²) in [5.74, 6) is -0.850. The number of unbranched alkanes of at least 4 members (excludes halogenated alkanes) is 49. The van der Waals surface area contributed by atoms with Crippen LogP contribution in [-0.4, -0.2) is 37.2 Å². The maximum Gasteiger partial charge on any atom is 0.306 e. The van der Waals surface area contributed by atoms with Crippen molar-refractivity contribution in [2.45, 2.75) is 399 Å². The molecule has 0 saturated carbocycles. The molecule has 464 valence electrons. The largest absolute Gasteiger partial charge is 0.462 e. The average molecular weight is 1110 g/mol. The van der Waals surface area contributed by atoms with Gasteiger partial charge in [-0.05, 0) is 77.0 Å². The lowest BCUT2D eigenvalue weighted by atomic mass is 10.0. The summed E-state index contributed by atoms with van der Waals surface area (Å²) in [5.41, 5.74) is 0. The van der Waals surface area contributed by atoms with Gasteiger partial charge in [0.05, 0.1) is 0 Å². The summed E-state index contributed by atoms with van der Waals surface area (Å²) in [6, 6.07) is 0. The third-order valence-electron chi connectivity index (χ3n) is 16.1. The number of ether oxygens (including phenoxy) is 3. The summed E-state index contributed by atoms with van der Waals surface area (Å²) >= 11 is 0. The van der Waals surface area contributed by atoms with Crippen LogP contribution in [0.4, 0.5) is 0 Å². The molecule has 0 aliphatic carbocycles. The molecule has 0 bridgehead atoms. The molecule has 0 heterocycles. The standard InChI is InChI=1S/C73H136O6/c1-4-7-10-13-16-19-22-25-28-31-33-34-35-36-37-38-40-42-45-48-51-54-57-60-63-66-72(75)78-69-70(68-77-71(74)65-62-59-56-53-50-47-44-41-30-27-24-21-18-15-12-9-6-3)79-73(76)67-64-61-58-55-52-49-46-43-39-32-29-26-23-20-17-14-11-8-5-2/h17,20,26-27,29-30,70H,4-16,18-19,21-25,28,31-69H2,1-3H3/b20-17-,29-26-,30-27-. The van der Waals surface area contributed by atoms with Crippen molar-refractivity contribution in [3.05, 3.63) is 36.5 Å². The van der Waals surface area contributed by atoms with E-state index in [2.05, 4.69) is 57.2 Å². The van der Waals surface area contributed by atoms with Crippen LogP contribution in [0, 0.1) is 0 Å². The van der Waals surface area contributed by atoms with Crippen LogP contribution in [0.3, 0.4) is 0 Å². The van der Waals surface area contributed by atoms with Crippen molar-refractivity contribution in [1.82, 2.24) is 0 Å². The van der Waals surface area contributed by atoms with Gasteiger partial charge in [0.1, 0.15) is 13.2 Å². The first-order valence-electron chi connectivity index (χ1n) is 35.5. The number of allylic oxidation sites excluding steroid dienone is 6. The molecular formula is C73H136O6. The topological polar surface area (TPSA) is 78.9 Å². The van der Waals surface area contributed by atoms with Crippen molar-refractivity contribution in [2.75, 3.05) is 13.2 Å². The van der Waals surface area contributed by atoms with E-state index in [9.17, 15) is 14.4 Å². The highest BCUT2D eigenvalue weighted by Crippen LogP contribution is 2.18. The Labute approximate surface area is 493 Å². The second-order valence-electron chi connectivity index (χ2n) is 24.1. The van der Waals surface area contributed by atoms with Crippen LogP contribution in [0.15, 0.2) is 36.5 Å². The van der Waals surface area contributed by atoms with E-state index in [1.54, 1.807) is 0 Å². The first-order valence-corrected chi connectivity index (χ1v) is 35.5. The fourth-order valence-corrected chi connectivity index (χ4v) is 10.8. The van der Waals surface area contributed by atoms with E-state index in [1.165, 1.54) is 289 Å². The number of esters is 3. The van der Waals surface area contributed by atoms with Gasteiger partial charge < -0.3 is 14.2 Å². The second kappa shape index (κ2) is 68.1. The first-order chi connectivity index (χ1) is 39.0.